The Morgan fingerprint density at radius 1 is 1.46 bits per heavy atom. The largest absolute Gasteiger partial charge is 0.384 e. The highest BCUT2D eigenvalue weighted by molar-refractivity contribution is 5.48. The fraction of sp³-hybridized carbons (Fsp3) is 0.500. The first-order valence-electron chi connectivity index (χ1n) is 4.69. The molecule has 0 radical (unpaired) electrons. The molecule has 0 bridgehead atoms. The highest BCUT2D eigenvalue weighted by Gasteiger charge is 1.98. The Morgan fingerprint density at radius 3 is 3.00 bits per heavy atom. The van der Waals surface area contributed by atoms with Gasteiger partial charge in [0.15, 0.2) is 0 Å². The van der Waals surface area contributed by atoms with Gasteiger partial charge in [-0.2, -0.15) is 0 Å². The van der Waals surface area contributed by atoms with Gasteiger partial charge in [0.25, 0.3) is 0 Å². The fourth-order valence-electron chi connectivity index (χ4n) is 1.19. The van der Waals surface area contributed by atoms with E-state index in [0.29, 0.717) is 0 Å². The Kier molecular flexibility index (Phi) is 4.26. The van der Waals surface area contributed by atoms with Gasteiger partial charge in [-0.3, -0.25) is 4.98 Å². The van der Waals surface area contributed by atoms with E-state index >= 15 is 0 Å². The van der Waals surface area contributed by atoms with E-state index in [1.807, 2.05) is 25.5 Å². The van der Waals surface area contributed by atoms with Gasteiger partial charge in [-0.25, -0.2) is 0 Å². The summed E-state index contributed by atoms with van der Waals surface area (Å²) in [4.78, 5) is 4.09. The smallest absolute Gasteiger partial charge is 0.0572 e. The fourth-order valence-corrected chi connectivity index (χ4v) is 1.19. The van der Waals surface area contributed by atoms with Crippen molar-refractivity contribution in [3.8, 4) is 0 Å². The van der Waals surface area contributed by atoms with E-state index < -0.39 is 0 Å². The van der Waals surface area contributed by atoms with E-state index in [2.05, 4.69) is 22.5 Å². The Labute approximate surface area is 79.6 Å². The van der Waals surface area contributed by atoms with Crippen molar-refractivity contribution in [1.29, 1.82) is 0 Å². The zero-order chi connectivity index (χ0) is 9.52. The molecule has 0 saturated heterocycles. The third kappa shape index (κ3) is 3.03. The predicted octanol–water partition coefficient (Wildman–Crippen LogP) is 1.62. The third-order valence-corrected chi connectivity index (χ3v) is 1.84. The maximum absolute atomic E-state index is 4.09. The molecule has 0 spiro atoms. The molecule has 0 atom stereocenters. The molecule has 3 nitrogen and oxygen atoms in total. The molecule has 0 aliphatic carbocycles. The van der Waals surface area contributed by atoms with Crippen LogP contribution in [0.15, 0.2) is 18.5 Å². The van der Waals surface area contributed by atoms with Crippen LogP contribution in [0.25, 0.3) is 0 Å². The minimum Gasteiger partial charge on any atom is -0.384 e. The van der Waals surface area contributed by atoms with Crippen LogP contribution >= 0.6 is 0 Å². The summed E-state index contributed by atoms with van der Waals surface area (Å²) in [5.74, 6) is 0. The van der Waals surface area contributed by atoms with Crippen molar-refractivity contribution >= 4 is 5.69 Å². The zero-order valence-electron chi connectivity index (χ0n) is 8.30. The number of nitrogens with zero attached hydrogens (tertiary/aromatic N) is 1. The van der Waals surface area contributed by atoms with Crippen LogP contribution in [0.5, 0.6) is 0 Å². The molecule has 0 aliphatic rings. The molecule has 0 unspecified atom stereocenters. The monoisotopic (exact) mass is 179 g/mol. The van der Waals surface area contributed by atoms with Crippen molar-refractivity contribution in [3.63, 3.8) is 0 Å². The molecule has 13 heavy (non-hydrogen) atoms. The Balaban J connectivity index is 2.66. The van der Waals surface area contributed by atoms with Crippen molar-refractivity contribution in [2.24, 2.45) is 0 Å². The minimum atomic E-state index is 0.883. The van der Waals surface area contributed by atoms with E-state index in [0.717, 1.165) is 25.2 Å². The number of rotatable bonds is 5. The molecule has 0 aliphatic heterocycles. The average Bonchev–Trinajstić information content (AvgIpc) is 2.17. The van der Waals surface area contributed by atoms with Gasteiger partial charge in [-0.05, 0) is 25.1 Å². The molecule has 0 amide bonds. The lowest BCUT2D eigenvalue weighted by molar-refractivity contribution is 0.815. The first-order valence-corrected chi connectivity index (χ1v) is 4.69. The topological polar surface area (TPSA) is 37.0 Å². The van der Waals surface area contributed by atoms with Crippen LogP contribution in [0.2, 0.25) is 0 Å². The summed E-state index contributed by atoms with van der Waals surface area (Å²) in [6, 6.07) is 2.04. The highest BCUT2D eigenvalue weighted by atomic mass is 14.9. The Bertz CT molecular complexity index is 248. The van der Waals surface area contributed by atoms with Gasteiger partial charge >= 0.3 is 0 Å². The van der Waals surface area contributed by atoms with Crippen molar-refractivity contribution in [1.82, 2.24) is 10.3 Å². The van der Waals surface area contributed by atoms with Crippen LogP contribution in [-0.2, 0) is 6.54 Å². The van der Waals surface area contributed by atoms with Crippen molar-refractivity contribution in [2.45, 2.75) is 19.9 Å². The van der Waals surface area contributed by atoms with Gasteiger partial charge in [-0.1, -0.05) is 6.92 Å². The summed E-state index contributed by atoms with van der Waals surface area (Å²) in [6.07, 6.45) is 4.83. The van der Waals surface area contributed by atoms with Crippen LogP contribution in [0, 0.1) is 0 Å². The molecular weight excluding hydrogens is 162 g/mol. The SMILES string of the molecule is CCCNc1cnccc1CNC. The average molecular weight is 179 g/mol. The van der Waals surface area contributed by atoms with Crippen LogP contribution < -0.4 is 10.6 Å². The van der Waals surface area contributed by atoms with Gasteiger partial charge in [-0.15, -0.1) is 0 Å². The third-order valence-electron chi connectivity index (χ3n) is 1.84. The molecule has 1 aromatic rings. The summed E-state index contributed by atoms with van der Waals surface area (Å²) in [7, 11) is 1.95. The summed E-state index contributed by atoms with van der Waals surface area (Å²) in [5.41, 5.74) is 2.41. The van der Waals surface area contributed by atoms with Crippen LogP contribution in [-0.4, -0.2) is 18.6 Å². The standard InChI is InChI=1S/C10H17N3/c1-3-5-13-10-8-12-6-4-9(10)7-11-2/h4,6,8,11,13H,3,5,7H2,1-2H3. The van der Waals surface area contributed by atoms with Crippen LogP contribution in [0.1, 0.15) is 18.9 Å². The summed E-state index contributed by atoms with van der Waals surface area (Å²) >= 11 is 0. The van der Waals surface area contributed by atoms with Gasteiger partial charge in [0.05, 0.1) is 11.9 Å². The number of hydrogen-bond acceptors (Lipinski definition) is 3. The second-order valence-electron chi connectivity index (χ2n) is 2.99. The number of nitrogens with one attached hydrogen (secondary N) is 2. The molecule has 3 heteroatoms. The van der Waals surface area contributed by atoms with Gasteiger partial charge < -0.3 is 10.6 Å². The van der Waals surface area contributed by atoms with Crippen molar-refractivity contribution in [3.05, 3.63) is 24.0 Å². The Hall–Kier alpha value is -1.09. The summed E-state index contributed by atoms with van der Waals surface area (Å²) < 4.78 is 0. The molecular formula is C10H17N3. The van der Waals surface area contributed by atoms with Crippen molar-refractivity contribution < 1.29 is 0 Å². The predicted molar refractivity (Wildman–Crippen MR) is 55.8 cm³/mol. The second-order valence-corrected chi connectivity index (χ2v) is 2.99. The summed E-state index contributed by atoms with van der Waals surface area (Å²) in [5, 5.41) is 6.48. The van der Waals surface area contributed by atoms with E-state index in [1.54, 1.807) is 0 Å². The van der Waals surface area contributed by atoms with Crippen LogP contribution in [0.4, 0.5) is 5.69 Å². The quantitative estimate of drug-likeness (QED) is 0.721. The number of hydrogen-bond donors (Lipinski definition) is 2. The number of aromatic nitrogens is 1. The maximum atomic E-state index is 4.09. The first-order chi connectivity index (χ1) is 6.38. The molecule has 1 heterocycles. The van der Waals surface area contributed by atoms with E-state index in [-0.39, 0.29) is 0 Å². The molecule has 0 aromatic carbocycles. The molecule has 0 fully saturated rings. The normalized spacial score (nSPS) is 10.0. The van der Waals surface area contributed by atoms with E-state index in [4.69, 9.17) is 0 Å². The first kappa shape index (κ1) is 9.99. The van der Waals surface area contributed by atoms with Gasteiger partial charge in [0, 0.05) is 19.3 Å². The second kappa shape index (κ2) is 5.54. The zero-order valence-corrected chi connectivity index (χ0v) is 8.30. The summed E-state index contributed by atoms with van der Waals surface area (Å²) in [6.45, 7) is 4.04. The highest BCUT2D eigenvalue weighted by Crippen LogP contribution is 2.12. The molecule has 1 aromatic heterocycles. The number of pyridine rings is 1. The molecule has 2 N–H and O–H groups in total. The lowest BCUT2D eigenvalue weighted by Crippen LogP contribution is -2.09. The molecule has 72 valence electrons. The van der Waals surface area contributed by atoms with Crippen LogP contribution in [0.3, 0.4) is 0 Å². The minimum absolute atomic E-state index is 0.883. The number of anilines is 1. The van der Waals surface area contributed by atoms with E-state index in [9.17, 15) is 0 Å². The Morgan fingerprint density at radius 2 is 2.31 bits per heavy atom. The lowest BCUT2D eigenvalue weighted by atomic mass is 10.2. The van der Waals surface area contributed by atoms with E-state index in [1.165, 1.54) is 5.56 Å². The van der Waals surface area contributed by atoms with Gasteiger partial charge in [0.2, 0.25) is 0 Å². The van der Waals surface area contributed by atoms with Crippen molar-refractivity contribution in [2.75, 3.05) is 18.9 Å². The molecule has 0 saturated carbocycles. The maximum Gasteiger partial charge on any atom is 0.0572 e. The molecule has 1 rings (SSSR count). The lowest BCUT2D eigenvalue weighted by Gasteiger charge is -2.09. The van der Waals surface area contributed by atoms with Gasteiger partial charge in [0.1, 0.15) is 0 Å².